The van der Waals surface area contributed by atoms with Gasteiger partial charge in [-0.2, -0.15) is 5.01 Å². The number of nitrogens with two attached hydrogens (primary N) is 1. The van der Waals surface area contributed by atoms with Gasteiger partial charge in [-0.3, -0.25) is 9.59 Å². The number of carbonyl (C=O) groups is 3. The van der Waals surface area contributed by atoms with Gasteiger partial charge < -0.3 is 10.5 Å². The number of ether oxygens (including phenoxy) is 1. The van der Waals surface area contributed by atoms with E-state index in [4.69, 9.17) is 10.5 Å². The molecule has 22 heavy (non-hydrogen) atoms. The maximum Gasteiger partial charge on any atom is 0.433 e. The van der Waals surface area contributed by atoms with E-state index in [1.54, 1.807) is 24.3 Å². The lowest BCUT2D eigenvalue weighted by atomic mass is 10.2. The number of rotatable bonds is 2. The minimum atomic E-state index is -0.953. The molecule has 112 valence electrons. The second kappa shape index (κ2) is 5.32. The maximum atomic E-state index is 11.7. The Morgan fingerprint density at radius 3 is 2.64 bits per heavy atom. The molecule has 0 spiro atoms. The molecule has 0 aliphatic carbocycles. The number of imide groups is 1. The standard InChI is InChI=1S/C14H12N4O4/c15-9-2-3-10-8(7-9)1-4-11(16-10)22-14(21)17-18-12(19)5-6-13(18)20/h1-4,7H,5-6,15H2,(H,17,21). The molecule has 0 unspecified atom stereocenters. The number of hydrogen-bond acceptors (Lipinski definition) is 6. The largest absolute Gasteiger partial charge is 0.433 e. The Morgan fingerprint density at radius 1 is 1.18 bits per heavy atom. The number of nitrogen functional groups attached to an aromatic ring is 1. The molecule has 3 N–H and O–H groups in total. The first-order chi connectivity index (χ1) is 10.5. The summed E-state index contributed by atoms with van der Waals surface area (Å²) in [5.74, 6) is -0.887. The number of anilines is 1. The molecule has 2 aromatic rings. The highest BCUT2D eigenvalue weighted by Crippen LogP contribution is 2.19. The lowest BCUT2D eigenvalue weighted by molar-refractivity contribution is -0.141. The highest BCUT2D eigenvalue weighted by atomic mass is 16.6. The topological polar surface area (TPSA) is 115 Å². The van der Waals surface area contributed by atoms with Gasteiger partial charge in [0.25, 0.3) is 0 Å². The average molecular weight is 300 g/mol. The summed E-state index contributed by atoms with van der Waals surface area (Å²) in [6.07, 6.45) is -0.797. The molecule has 3 rings (SSSR count). The van der Waals surface area contributed by atoms with E-state index in [0.717, 1.165) is 5.39 Å². The second-order valence-electron chi connectivity index (χ2n) is 4.73. The monoisotopic (exact) mass is 300 g/mol. The number of carbonyl (C=O) groups excluding carboxylic acids is 3. The molecule has 1 aromatic heterocycles. The van der Waals surface area contributed by atoms with Gasteiger partial charge >= 0.3 is 6.09 Å². The molecule has 3 amide bonds. The number of pyridine rings is 1. The maximum absolute atomic E-state index is 11.7. The van der Waals surface area contributed by atoms with Crippen LogP contribution < -0.4 is 15.9 Å². The van der Waals surface area contributed by atoms with Crippen LogP contribution in [0, 0.1) is 0 Å². The minimum absolute atomic E-state index is 0.0499. The number of fused-ring (bicyclic) bond motifs is 1. The summed E-state index contributed by atoms with van der Waals surface area (Å²) in [6.45, 7) is 0. The first-order valence-electron chi connectivity index (χ1n) is 6.53. The van der Waals surface area contributed by atoms with E-state index in [1.807, 2.05) is 0 Å². The van der Waals surface area contributed by atoms with Crippen LogP contribution in [0.1, 0.15) is 12.8 Å². The predicted octanol–water partition coefficient (Wildman–Crippen LogP) is 0.969. The van der Waals surface area contributed by atoms with Crippen molar-refractivity contribution in [1.29, 1.82) is 0 Å². The Bertz CT molecular complexity index is 774. The number of benzene rings is 1. The zero-order valence-electron chi connectivity index (χ0n) is 11.4. The predicted molar refractivity (Wildman–Crippen MR) is 76.4 cm³/mol. The third-order valence-corrected chi connectivity index (χ3v) is 3.14. The molecule has 8 heteroatoms. The van der Waals surface area contributed by atoms with Crippen LogP contribution in [0.25, 0.3) is 10.9 Å². The molecule has 1 aliphatic rings. The number of nitrogens with zero attached hydrogens (tertiary/aromatic N) is 2. The zero-order valence-corrected chi connectivity index (χ0v) is 11.4. The molecule has 1 fully saturated rings. The highest BCUT2D eigenvalue weighted by molar-refractivity contribution is 6.02. The lowest BCUT2D eigenvalue weighted by Crippen LogP contribution is -2.46. The fraction of sp³-hybridized carbons (Fsp3) is 0.143. The van der Waals surface area contributed by atoms with E-state index in [-0.39, 0.29) is 18.7 Å². The summed E-state index contributed by atoms with van der Waals surface area (Å²) in [4.78, 5) is 38.6. The first-order valence-corrected chi connectivity index (χ1v) is 6.53. The fourth-order valence-corrected chi connectivity index (χ4v) is 2.09. The Kier molecular flexibility index (Phi) is 3.34. The SMILES string of the molecule is Nc1ccc2nc(OC(=O)NN3C(=O)CCC3=O)ccc2c1. The molecular formula is C14H12N4O4. The normalized spacial score (nSPS) is 14.5. The summed E-state index contributed by atoms with van der Waals surface area (Å²) in [7, 11) is 0. The van der Waals surface area contributed by atoms with Gasteiger partial charge in [-0.25, -0.2) is 15.2 Å². The quantitative estimate of drug-likeness (QED) is 0.631. The summed E-state index contributed by atoms with van der Waals surface area (Å²) in [6, 6.07) is 8.32. The Balaban J connectivity index is 1.72. The van der Waals surface area contributed by atoms with Crippen LogP contribution in [0.15, 0.2) is 30.3 Å². The van der Waals surface area contributed by atoms with E-state index < -0.39 is 17.9 Å². The smallest absolute Gasteiger partial charge is 0.399 e. The Hall–Kier alpha value is -3.16. The number of aromatic nitrogens is 1. The van der Waals surface area contributed by atoms with Crippen LogP contribution in [-0.4, -0.2) is 27.9 Å². The van der Waals surface area contributed by atoms with Crippen LogP contribution >= 0.6 is 0 Å². The van der Waals surface area contributed by atoms with Gasteiger partial charge in [-0.05, 0) is 24.3 Å². The Morgan fingerprint density at radius 2 is 1.91 bits per heavy atom. The number of hydrogen-bond donors (Lipinski definition) is 2. The van der Waals surface area contributed by atoms with Gasteiger partial charge in [0, 0.05) is 30.0 Å². The summed E-state index contributed by atoms with van der Waals surface area (Å²) < 4.78 is 4.97. The van der Waals surface area contributed by atoms with Crippen molar-refractivity contribution in [2.24, 2.45) is 0 Å². The zero-order chi connectivity index (χ0) is 15.7. The van der Waals surface area contributed by atoms with Crippen LogP contribution in [0.2, 0.25) is 0 Å². The van der Waals surface area contributed by atoms with Gasteiger partial charge in [0.05, 0.1) is 5.52 Å². The molecular weight excluding hydrogens is 288 g/mol. The van der Waals surface area contributed by atoms with Crippen LogP contribution in [-0.2, 0) is 9.59 Å². The summed E-state index contributed by atoms with van der Waals surface area (Å²) in [5, 5.41) is 1.46. The third kappa shape index (κ3) is 2.66. The highest BCUT2D eigenvalue weighted by Gasteiger charge is 2.31. The van der Waals surface area contributed by atoms with Crippen molar-refractivity contribution in [3.05, 3.63) is 30.3 Å². The van der Waals surface area contributed by atoms with Gasteiger partial charge in [0.2, 0.25) is 17.7 Å². The Labute approximate surface area is 124 Å². The average Bonchev–Trinajstić information content (AvgIpc) is 2.79. The van der Waals surface area contributed by atoms with Crippen molar-refractivity contribution in [3.8, 4) is 5.88 Å². The fourth-order valence-electron chi connectivity index (χ4n) is 2.09. The first kappa shape index (κ1) is 13.8. The van der Waals surface area contributed by atoms with Crippen LogP contribution in [0.5, 0.6) is 5.88 Å². The molecule has 1 saturated heterocycles. The molecule has 8 nitrogen and oxygen atoms in total. The van der Waals surface area contributed by atoms with Gasteiger partial charge in [-0.1, -0.05) is 0 Å². The van der Waals surface area contributed by atoms with Crippen molar-refractivity contribution in [2.45, 2.75) is 12.8 Å². The molecule has 0 bridgehead atoms. The molecule has 1 aliphatic heterocycles. The summed E-state index contributed by atoms with van der Waals surface area (Å²) >= 11 is 0. The third-order valence-electron chi connectivity index (χ3n) is 3.14. The van der Waals surface area contributed by atoms with Crippen molar-refractivity contribution in [2.75, 3.05) is 5.73 Å². The molecule has 0 radical (unpaired) electrons. The molecule has 2 heterocycles. The van der Waals surface area contributed by atoms with Crippen LogP contribution in [0.3, 0.4) is 0 Å². The van der Waals surface area contributed by atoms with Gasteiger partial charge in [-0.15, -0.1) is 0 Å². The van der Waals surface area contributed by atoms with Crippen molar-refractivity contribution >= 4 is 34.5 Å². The number of amides is 3. The van der Waals surface area contributed by atoms with E-state index in [1.165, 1.54) is 6.07 Å². The minimum Gasteiger partial charge on any atom is -0.399 e. The van der Waals surface area contributed by atoms with Crippen molar-refractivity contribution in [3.63, 3.8) is 0 Å². The summed E-state index contributed by atoms with van der Waals surface area (Å²) in [5.41, 5.74) is 8.97. The molecule has 0 atom stereocenters. The van der Waals surface area contributed by atoms with Gasteiger partial charge in [0.15, 0.2) is 0 Å². The number of hydrazine groups is 1. The van der Waals surface area contributed by atoms with Crippen molar-refractivity contribution < 1.29 is 19.1 Å². The lowest BCUT2D eigenvalue weighted by Gasteiger charge is -2.14. The van der Waals surface area contributed by atoms with E-state index in [2.05, 4.69) is 10.4 Å². The molecule has 0 saturated carbocycles. The van der Waals surface area contributed by atoms with Crippen molar-refractivity contribution in [1.82, 2.24) is 15.4 Å². The van der Waals surface area contributed by atoms with E-state index in [0.29, 0.717) is 16.2 Å². The van der Waals surface area contributed by atoms with E-state index >= 15 is 0 Å². The second-order valence-corrected chi connectivity index (χ2v) is 4.73. The number of nitrogens with one attached hydrogen (secondary N) is 1. The van der Waals surface area contributed by atoms with Gasteiger partial charge in [0.1, 0.15) is 0 Å². The molecule has 1 aromatic carbocycles. The van der Waals surface area contributed by atoms with Crippen LogP contribution in [0.4, 0.5) is 10.5 Å². The van der Waals surface area contributed by atoms with E-state index in [9.17, 15) is 14.4 Å².